The first-order valence-electron chi connectivity index (χ1n) is 4.33. The molecule has 0 saturated carbocycles. The number of hydrogen-bond donors (Lipinski definition) is 2. The molecule has 0 spiro atoms. The zero-order chi connectivity index (χ0) is 11.4. The van der Waals surface area contributed by atoms with E-state index in [1.807, 2.05) is 0 Å². The van der Waals surface area contributed by atoms with Crippen molar-refractivity contribution in [2.24, 2.45) is 0 Å². The number of nitrogens with zero attached hydrogens (tertiary/aromatic N) is 1. The lowest BCUT2D eigenvalue weighted by atomic mass is 10.3. The molecule has 15 heavy (non-hydrogen) atoms. The lowest BCUT2D eigenvalue weighted by Crippen LogP contribution is -2.01. The van der Waals surface area contributed by atoms with E-state index in [-0.39, 0.29) is 12.3 Å². The summed E-state index contributed by atoms with van der Waals surface area (Å²) < 4.78 is 2.06. The second kappa shape index (κ2) is 5.09. The van der Waals surface area contributed by atoms with Crippen LogP contribution in [0.3, 0.4) is 0 Å². The molecule has 0 aliphatic heterocycles. The number of aromatic hydroxyl groups is 1. The van der Waals surface area contributed by atoms with E-state index in [1.165, 1.54) is 22.0 Å². The van der Waals surface area contributed by atoms with Crippen LogP contribution in [0, 0.1) is 3.95 Å². The van der Waals surface area contributed by atoms with Gasteiger partial charge >= 0.3 is 5.97 Å². The third kappa shape index (κ3) is 2.90. The van der Waals surface area contributed by atoms with Gasteiger partial charge in [0, 0.05) is 13.0 Å². The van der Waals surface area contributed by atoms with Crippen molar-refractivity contribution in [3.63, 3.8) is 0 Å². The third-order valence-electron chi connectivity index (χ3n) is 1.85. The van der Waals surface area contributed by atoms with E-state index in [1.54, 1.807) is 0 Å². The van der Waals surface area contributed by atoms with Gasteiger partial charge in [-0.15, -0.1) is 11.3 Å². The summed E-state index contributed by atoms with van der Waals surface area (Å²) in [6.45, 7) is 3.97. The van der Waals surface area contributed by atoms with Gasteiger partial charge in [0.25, 0.3) is 0 Å². The number of carboxylic acid groups (broad SMARTS) is 1. The summed E-state index contributed by atoms with van der Waals surface area (Å²) in [5.74, 6) is -0.773. The number of carbonyl (C=O) groups is 1. The van der Waals surface area contributed by atoms with Crippen molar-refractivity contribution in [2.45, 2.75) is 19.4 Å². The molecule has 0 bridgehead atoms. The van der Waals surface area contributed by atoms with Crippen molar-refractivity contribution in [3.8, 4) is 5.88 Å². The molecule has 1 heterocycles. The first kappa shape index (κ1) is 11.9. The smallest absolute Gasteiger partial charge is 0.303 e. The van der Waals surface area contributed by atoms with Gasteiger partial charge in [-0.1, -0.05) is 6.58 Å². The molecule has 0 aliphatic rings. The molecule has 1 rings (SSSR count). The van der Waals surface area contributed by atoms with Crippen LogP contribution in [0.1, 0.15) is 17.7 Å². The molecule has 0 unspecified atom stereocenters. The highest BCUT2D eigenvalue weighted by atomic mass is 32.1. The minimum Gasteiger partial charge on any atom is -0.493 e. The van der Waals surface area contributed by atoms with Gasteiger partial charge in [-0.05, 0) is 24.7 Å². The second-order valence-electron chi connectivity index (χ2n) is 2.91. The number of rotatable bonds is 5. The zero-order valence-electron chi connectivity index (χ0n) is 7.97. The van der Waals surface area contributed by atoms with Crippen LogP contribution in [0.25, 0.3) is 6.08 Å². The van der Waals surface area contributed by atoms with Crippen molar-refractivity contribution in [1.82, 2.24) is 4.57 Å². The van der Waals surface area contributed by atoms with Gasteiger partial charge in [-0.25, -0.2) is 0 Å². The Labute approximate surface area is 96.1 Å². The largest absolute Gasteiger partial charge is 0.493 e. The molecule has 0 atom stereocenters. The number of hydrogen-bond acceptors (Lipinski definition) is 4. The predicted molar refractivity (Wildman–Crippen MR) is 61.8 cm³/mol. The summed E-state index contributed by atoms with van der Waals surface area (Å²) in [7, 11) is 0. The van der Waals surface area contributed by atoms with Gasteiger partial charge < -0.3 is 10.2 Å². The lowest BCUT2D eigenvalue weighted by molar-refractivity contribution is -0.137. The van der Waals surface area contributed by atoms with Crippen molar-refractivity contribution in [2.75, 3.05) is 0 Å². The van der Waals surface area contributed by atoms with Crippen LogP contribution >= 0.6 is 23.6 Å². The highest BCUT2D eigenvalue weighted by molar-refractivity contribution is 7.73. The first-order chi connectivity index (χ1) is 7.06. The van der Waals surface area contributed by atoms with E-state index in [9.17, 15) is 9.90 Å². The summed E-state index contributed by atoms with van der Waals surface area (Å²) >= 11 is 6.29. The van der Waals surface area contributed by atoms with E-state index < -0.39 is 5.97 Å². The molecule has 0 aliphatic carbocycles. The SMILES string of the molecule is C=Cc1sc(=S)n(CCCC(=O)O)c1O. The average molecular weight is 245 g/mol. The minimum atomic E-state index is -0.847. The Morgan fingerprint density at radius 3 is 2.80 bits per heavy atom. The second-order valence-corrected chi connectivity index (χ2v) is 4.58. The Bertz CT molecular complexity index is 433. The highest BCUT2D eigenvalue weighted by Crippen LogP contribution is 2.27. The fourth-order valence-corrected chi connectivity index (χ4v) is 2.34. The summed E-state index contributed by atoms with van der Waals surface area (Å²) in [6, 6.07) is 0. The maximum atomic E-state index is 10.3. The maximum absolute atomic E-state index is 10.3. The molecule has 2 N–H and O–H groups in total. The normalized spacial score (nSPS) is 10.1. The molecule has 0 saturated heterocycles. The predicted octanol–water partition coefficient (Wildman–Crippen LogP) is 2.49. The molecule has 1 aromatic heterocycles. The summed E-state index contributed by atoms with van der Waals surface area (Å²) in [6.07, 6.45) is 2.05. The number of thiazole rings is 1. The summed E-state index contributed by atoms with van der Waals surface area (Å²) in [4.78, 5) is 10.9. The number of aromatic nitrogens is 1. The quantitative estimate of drug-likeness (QED) is 0.782. The molecule has 0 amide bonds. The minimum absolute atomic E-state index is 0.0699. The number of carboxylic acids is 1. The fraction of sp³-hybridized carbons (Fsp3) is 0.333. The summed E-state index contributed by atoms with van der Waals surface area (Å²) in [5.41, 5.74) is 0. The molecule has 4 nitrogen and oxygen atoms in total. The van der Waals surface area contributed by atoms with E-state index in [2.05, 4.69) is 6.58 Å². The molecule has 1 aromatic rings. The number of aliphatic carboxylic acids is 1. The van der Waals surface area contributed by atoms with Crippen molar-refractivity contribution in [1.29, 1.82) is 0 Å². The fourth-order valence-electron chi connectivity index (χ4n) is 1.13. The van der Waals surface area contributed by atoms with Gasteiger partial charge in [-0.2, -0.15) is 0 Å². The molecule has 0 aromatic carbocycles. The first-order valence-corrected chi connectivity index (χ1v) is 5.55. The van der Waals surface area contributed by atoms with E-state index in [0.29, 0.717) is 21.8 Å². The monoisotopic (exact) mass is 245 g/mol. The van der Waals surface area contributed by atoms with Gasteiger partial charge in [0.05, 0.1) is 4.88 Å². The Morgan fingerprint density at radius 2 is 2.33 bits per heavy atom. The summed E-state index contributed by atoms with van der Waals surface area (Å²) in [5, 5.41) is 18.1. The van der Waals surface area contributed by atoms with Crippen LogP contribution in [-0.4, -0.2) is 20.7 Å². The van der Waals surface area contributed by atoms with E-state index >= 15 is 0 Å². The topological polar surface area (TPSA) is 62.5 Å². The van der Waals surface area contributed by atoms with Crippen LogP contribution in [0.4, 0.5) is 0 Å². The lowest BCUT2D eigenvalue weighted by Gasteiger charge is -2.02. The van der Waals surface area contributed by atoms with E-state index in [0.717, 1.165) is 0 Å². The third-order valence-corrected chi connectivity index (χ3v) is 3.29. The van der Waals surface area contributed by atoms with Gasteiger partial charge in [-0.3, -0.25) is 9.36 Å². The highest BCUT2D eigenvalue weighted by Gasteiger charge is 2.09. The van der Waals surface area contributed by atoms with Crippen LogP contribution in [0.2, 0.25) is 0 Å². The average Bonchev–Trinajstić information content (AvgIpc) is 2.44. The molecule has 0 fully saturated rings. The Kier molecular flexibility index (Phi) is 4.05. The van der Waals surface area contributed by atoms with Crippen LogP contribution in [-0.2, 0) is 11.3 Å². The zero-order valence-corrected chi connectivity index (χ0v) is 9.61. The van der Waals surface area contributed by atoms with Crippen LogP contribution in [0.15, 0.2) is 6.58 Å². The Hall–Kier alpha value is -1.14. The van der Waals surface area contributed by atoms with Gasteiger partial charge in [0.15, 0.2) is 3.95 Å². The molecular formula is C9H11NO3S2. The molecular weight excluding hydrogens is 234 g/mol. The maximum Gasteiger partial charge on any atom is 0.303 e. The van der Waals surface area contributed by atoms with E-state index in [4.69, 9.17) is 17.3 Å². The van der Waals surface area contributed by atoms with Gasteiger partial charge in [0.2, 0.25) is 5.88 Å². The van der Waals surface area contributed by atoms with Crippen LogP contribution < -0.4 is 0 Å². The molecule has 82 valence electrons. The van der Waals surface area contributed by atoms with Crippen molar-refractivity contribution < 1.29 is 15.0 Å². The Balaban J connectivity index is 2.77. The standard InChI is InChI=1S/C9H11NO3S2/c1-2-6-8(13)10(9(14)15-6)5-3-4-7(11)12/h2,13H,1,3-5H2,(H,11,12). The molecule has 6 heteroatoms. The van der Waals surface area contributed by atoms with Crippen LogP contribution in [0.5, 0.6) is 5.88 Å². The van der Waals surface area contributed by atoms with Crippen molar-refractivity contribution in [3.05, 3.63) is 15.4 Å². The molecule has 0 radical (unpaired) electrons. The van der Waals surface area contributed by atoms with Gasteiger partial charge in [0.1, 0.15) is 0 Å². The Morgan fingerprint density at radius 1 is 1.67 bits per heavy atom. The van der Waals surface area contributed by atoms with Crippen molar-refractivity contribution >= 4 is 35.6 Å².